The second-order valence-electron chi connectivity index (χ2n) is 5.36. The summed E-state index contributed by atoms with van der Waals surface area (Å²) in [7, 11) is 1.46. The van der Waals surface area contributed by atoms with Crippen molar-refractivity contribution in [2.45, 2.75) is 25.4 Å². The van der Waals surface area contributed by atoms with Crippen LogP contribution in [-0.4, -0.2) is 37.3 Å². The van der Waals surface area contributed by atoms with Gasteiger partial charge in [-0.1, -0.05) is 6.58 Å². The summed E-state index contributed by atoms with van der Waals surface area (Å²) >= 11 is 0. The number of nitrogens with zero attached hydrogens (tertiary/aromatic N) is 2. The molecule has 0 radical (unpaired) electrons. The summed E-state index contributed by atoms with van der Waals surface area (Å²) in [6.07, 6.45) is 0.834. The number of aromatic nitrogens is 1. The Morgan fingerprint density at radius 1 is 1.60 bits per heavy atom. The van der Waals surface area contributed by atoms with Crippen LogP contribution in [0.25, 0.3) is 5.70 Å². The van der Waals surface area contributed by atoms with Gasteiger partial charge in [-0.25, -0.2) is 9.37 Å². The Balaban J connectivity index is 2.00. The zero-order chi connectivity index (χ0) is 14.3. The molecule has 0 unspecified atom stereocenters. The molecule has 3 heterocycles. The lowest BCUT2D eigenvalue weighted by Gasteiger charge is -2.37. The Morgan fingerprint density at radius 2 is 2.40 bits per heavy atom. The lowest BCUT2D eigenvalue weighted by molar-refractivity contribution is 0.136. The molecule has 20 heavy (non-hydrogen) atoms. The predicted molar refractivity (Wildman–Crippen MR) is 75.7 cm³/mol. The van der Waals surface area contributed by atoms with E-state index in [0.29, 0.717) is 17.8 Å². The van der Waals surface area contributed by atoms with Gasteiger partial charge in [-0.15, -0.1) is 0 Å². The molecule has 3 rings (SSSR count). The smallest absolute Gasteiger partial charge is 0.151 e. The number of anilines is 1. The highest BCUT2D eigenvalue weighted by molar-refractivity contribution is 5.64. The van der Waals surface area contributed by atoms with Crippen LogP contribution in [0, 0.1) is 5.82 Å². The van der Waals surface area contributed by atoms with E-state index < -0.39 is 0 Å². The van der Waals surface area contributed by atoms with Crippen LogP contribution in [0.3, 0.4) is 0 Å². The largest absolute Gasteiger partial charge is 0.348 e. The maximum atomic E-state index is 14.1. The van der Waals surface area contributed by atoms with Crippen LogP contribution in [0.2, 0.25) is 0 Å². The lowest BCUT2D eigenvalue weighted by Crippen LogP contribution is -2.55. The molecule has 1 aromatic heterocycles. The number of piperazine rings is 1. The third-order valence-corrected chi connectivity index (χ3v) is 3.93. The van der Waals surface area contributed by atoms with Crippen molar-refractivity contribution < 1.29 is 9.23 Å². The first kappa shape index (κ1) is 13.3. The van der Waals surface area contributed by atoms with Gasteiger partial charge in [0.1, 0.15) is 11.5 Å². The summed E-state index contributed by atoms with van der Waals surface area (Å²) < 4.78 is 14.1. The highest BCUT2D eigenvalue weighted by Gasteiger charge is 2.37. The molecule has 5 nitrogen and oxygen atoms in total. The molecule has 0 aromatic carbocycles. The van der Waals surface area contributed by atoms with Crippen molar-refractivity contribution in [3.63, 3.8) is 0 Å². The summed E-state index contributed by atoms with van der Waals surface area (Å²) in [6.45, 7) is 7.74. The van der Waals surface area contributed by atoms with Crippen LogP contribution >= 0.6 is 0 Å². The van der Waals surface area contributed by atoms with Crippen LogP contribution < -0.4 is 15.7 Å². The van der Waals surface area contributed by atoms with Gasteiger partial charge in [-0.05, 0) is 25.0 Å². The summed E-state index contributed by atoms with van der Waals surface area (Å²) in [5, 5.41) is 3.40. The molecule has 108 valence electrons. The zero-order valence-corrected chi connectivity index (χ0v) is 11.7. The van der Waals surface area contributed by atoms with Gasteiger partial charge in [0.05, 0.1) is 12.8 Å². The monoisotopic (exact) mass is 278 g/mol. The van der Waals surface area contributed by atoms with Gasteiger partial charge in [-0.2, -0.15) is 0 Å². The SMILES string of the molecule is C=C(NOC)c1nc2c(cc1F)C[C@@H]1CNC[C@@H](C)N21. The highest BCUT2D eigenvalue weighted by atomic mass is 19.1. The third kappa shape index (κ3) is 2.05. The molecule has 1 fully saturated rings. The van der Waals surface area contributed by atoms with Crippen molar-refractivity contribution >= 4 is 11.5 Å². The number of rotatable bonds is 3. The Kier molecular flexibility index (Phi) is 3.35. The summed E-state index contributed by atoms with van der Waals surface area (Å²) in [4.78, 5) is 11.6. The van der Waals surface area contributed by atoms with E-state index in [9.17, 15) is 4.39 Å². The Morgan fingerprint density at radius 3 is 3.15 bits per heavy atom. The number of pyridine rings is 1. The molecule has 2 atom stereocenters. The molecular weight excluding hydrogens is 259 g/mol. The fourth-order valence-corrected chi connectivity index (χ4v) is 3.10. The molecule has 2 aliphatic heterocycles. The van der Waals surface area contributed by atoms with Gasteiger partial charge in [0, 0.05) is 25.2 Å². The number of hydrogen-bond donors (Lipinski definition) is 2. The maximum Gasteiger partial charge on any atom is 0.151 e. The maximum absolute atomic E-state index is 14.1. The van der Waals surface area contributed by atoms with Crippen LogP contribution in [-0.2, 0) is 11.3 Å². The minimum absolute atomic E-state index is 0.219. The Bertz CT molecular complexity index is 548. The molecule has 0 bridgehead atoms. The van der Waals surface area contributed by atoms with E-state index in [-0.39, 0.29) is 11.5 Å². The molecule has 0 amide bonds. The summed E-state index contributed by atoms with van der Waals surface area (Å²) in [5.74, 6) is 0.512. The van der Waals surface area contributed by atoms with Crippen molar-refractivity contribution in [2.24, 2.45) is 0 Å². The highest BCUT2D eigenvalue weighted by Crippen LogP contribution is 2.35. The van der Waals surface area contributed by atoms with Crippen molar-refractivity contribution in [1.29, 1.82) is 0 Å². The summed E-state index contributed by atoms with van der Waals surface area (Å²) in [6, 6.07) is 2.29. The lowest BCUT2D eigenvalue weighted by atomic mass is 10.1. The topological polar surface area (TPSA) is 49.4 Å². The van der Waals surface area contributed by atoms with Gasteiger partial charge in [0.2, 0.25) is 0 Å². The molecule has 1 aromatic rings. The number of hydrogen-bond acceptors (Lipinski definition) is 5. The minimum Gasteiger partial charge on any atom is -0.348 e. The second kappa shape index (κ2) is 5.03. The van der Waals surface area contributed by atoms with E-state index in [1.165, 1.54) is 7.11 Å². The normalized spacial score (nSPS) is 24.2. The molecular formula is C14H19FN4O. The van der Waals surface area contributed by atoms with Gasteiger partial charge < -0.3 is 10.2 Å². The fraction of sp³-hybridized carbons (Fsp3) is 0.500. The molecule has 2 N–H and O–H groups in total. The minimum atomic E-state index is -0.362. The molecule has 0 spiro atoms. The van der Waals surface area contributed by atoms with E-state index in [4.69, 9.17) is 4.84 Å². The second-order valence-corrected chi connectivity index (χ2v) is 5.36. The first-order valence-electron chi connectivity index (χ1n) is 6.78. The van der Waals surface area contributed by atoms with Gasteiger partial charge in [-0.3, -0.25) is 10.3 Å². The number of fused-ring (bicyclic) bond motifs is 3. The van der Waals surface area contributed by atoms with Gasteiger partial charge in [0.15, 0.2) is 5.82 Å². The van der Waals surface area contributed by atoms with Gasteiger partial charge in [0.25, 0.3) is 0 Å². The fourth-order valence-electron chi connectivity index (χ4n) is 3.10. The van der Waals surface area contributed by atoms with Crippen molar-refractivity contribution in [3.8, 4) is 0 Å². The molecule has 1 saturated heterocycles. The molecule has 6 heteroatoms. The van der Waals surface area contributed by atoms with E-state index in [2.05, 4.69) is 34.2 Å². The van der Waals surface area contributed by atoms with Crippen LogP contribution in [0.1, 0.15) is 18.2 Å². The molecule has 0 aliphatic carbocycles. The van der Waals surface area contributed by atoms with Crippen LogP contribution in [0.4, 0.5) is 10.2 Å². The van der Waals surface area contributed by atoms with E-state index >= 15 is 0 Å². The molecule has 0 saturated carbocycles. The third-order valence-electron chi connectivity index (χ3n) is 3.93. The summed E-state index contributed by atoms with van der Waals surface area (Å²) in [5.41, 5.74) is 4.07. The van der Waals surface area contributed by atoms with Crippen molar-refractivity contribution in [1.82, 2.24) is 15.8 Å². The van der Waals surface area contributed by atoms with Crippen LogP contribution in [0.5, 0.6) is 0 Å². The average Bonchev–Trinajstić information content (AvgIpc) is 2.76. The van der Waals surface area contributed by atoms with Gasteiger partial charge >= 0.3 is 0 Å². The first-order chi connectivity index (χ1) is 9.61. The zero-order valence-electron chi connectivity index (χ0n) is 11.7. The Hall–Kier alpha value is -1.66. The van der Waals surface area contributed by atoms with E-state index in [0.717, 1.165) is 30.9 Å². The van der Waals surface area contributed by atoms with Crippen LogP contribution in [0.15, 0.2) is 12.6 Å². The number of hydroxylamine groups is 1. The first-order valence-corrected chi connectivity index (χ1v) is 6.78. The quantitative estimate of drug-likeness (QED) is 0.810. The average molecular weight is 278 g/mol. The van der Waals surface area contributed by atoms with E-state index in [1.54, 1.807) is 6.07 Å². The number of nitrogens with one attached hydrogen (secondary N) is 2. The van der Waals surface area contributed by atoms with E-state index in [1.807, 2.05) is 0 Å². The Labute approximate surface area is 117 Å². The van der Waals surface area contributed by atoms with Crippen molar-refractivity contribution in [2.75, 3.05) is 25.1 Å². The standard InChI is InChI=1S/C14H19FN4O/c1-8-6-16-7-11-4-10-5-12(15)13(9(2)18-20-3)17-14(10)19(8)11/h5,8,11,16,18H,2,4,6-7H2,1,3H3/t8-,11-/m1/s1. The van der Waals surface area contributed by atoms with Crippen molar-refractivity contribution in [3.05, 3.63) is 29.7 Å². The number of halogens is 1. The molecule has 2 aliphatic rings. The predicted octanol–water partition coefficient (Wildman–Crippen LogP) is 1.07.